The average molecular weight is 219 g/mol. The van der Waals surface area contributed by atoms with Crippen molar-refractivity contribution in [2.75, 3.05) is 12.4 Å². The third kappa shape index (κ3) is 2.13. The highest BCUT2D eigenvalue weighted by Crippen LogP contribution is 2.20. The van der Waals surface area contributed by atoms with Crippen LogP contribution >= 0.6 is 0 Å². The number of nitrogens with zero attached hydrogens (tertiary/aromatic N) is 2. The molecule has 5 nitrogen and oxygen atoms in total. The molecule has 2 aromatic heterocycles. The lowest BCUT2D eigenvalue weighted by Gasteiger charge is -2.08. The SMILES string of the molecule is CNc1ncnc(OCc2ccco2)c1C. The van der Waals surface area contributed by atoms with E-state index in [-0.39, 0.29) is 0 Å². The summed E-state index contributed by atoms with van der Waals surface area (Å²) in [5.41, 5.74) is 0.886. The van der Waals surface area contributed by atoms with Gasteiger partial charge in [0.15, 0.2) is 0 Å². The van der Waals surface area contributed by atoms with Gasteiger partial charge < -0.3 is 14.5 Å². The lowest BCUT2D eigenvalue weighted by atomic mass is 10.3. The summed E-state index contributed by atoms with van der Waals surface area (Å²) in [5, 5.41) is 2.97. The zero-order valence-corrected chi connectivity index (χ0v) is 9.23. The Morgan fingerprint density at radius 1 is 1.44 bits per heavy atom. The number of hydrogen-bond acceptors (Lipinski definition) is 5. The monoisotopic (exact) mass is 219 g/mol. The van der Waals surface area contributed by atoms with Crippen molar-refractivity contribution in [3.05, 3.63) is 36.0 Å². The van der Waals surface area contributed by atoms with Crippen LogP contribution in [0.15, 0.2) is 29.1 Å². The first-order valence-electron chi connectivity index (χ1n) is 4.96. The first kappa shape index (κ1) is 10.5. The van der Waals surface area contributed by atoms with Gasteiger partial charge >= 0.3 is 0 Å². The van der Waals surface area contributed by atoms with Crippen molar-refractivity contribution in [2.24, 2.45) is 0 Å². The Morgan fingerprint density at radius 2 is 2.31 bits per heavy atom. The number of ether oxygens (including phenoxy) is 1. The summed E-state index contributed by atoms with van der Waals surface area (Å²) < 4.78 is 10.7. The van der Waals surface area contributed by atoms with Gasteiger partial charge in [0.05, 0.1) is 11.8 Å². The zero-order chi connectivity index (χ0) is 11.4. The fraction of sp³-hybridized carbons (Fsp3) is 0.273. The number of furan rings is 1. The van der Waals surface area contributed by atoms with E-state index >= 15 is 0 Å². The Balaban J connectivity index is 2.09. The number of anilines is 1. The molecule has 0 amide bonds. The molecule has 84 valence electrons. The summed E-state index contributed by atoms with van der Waals surface area (Å²) in [5.74, 6) is 2.10. The molecule has 0 aliphatic carbocycles. The fourth-order valence-corrected chi connectivity index (χ4v) is 1.37. The van der Waals surface area contributed by atoms with Gasteiger partial charge in [0.1, 0.15) is 24.5 Å². The van der Waals surface area contributed by atoms with E-state index in [1.807, 2.05) is 26.1 Å². The van der Waals surface area contributed by atoms with Crippen LogP contribution in [0.4, 0.5) is 5.82 Å². The molecule has 0 aromatic carbocycles. The predicted molar refractivity (Wildman–Crippen MR) is 59.4 cm³/mol. The van der Waals surface area contributed by atoms with Crippen LogP contribution in [-0.4, -0.2) is 17.0 Å². The van der Waals surface area contributed by atoms with Crippen LogP contribution in [-0.2, 0) is 6.61 Å². The third-order valence-corrected chi connectivity index (χ3v) is 2.21. The van der Waals surface area contributed by atoms with Crippen molar-refractivity contribution in [3.63, 3.8) is 0 Å². The highest BCUT2D eigenvalue weighted by molar-refractivity contribution is 5.46. The second-order valence-corrected chi connectivity index (χ2v) is 3.27. The third-order valence-electron chi connectivity index (χ3n) is 2.21. The van der Waals surface area contributed by atoms with E-state index in [1.54, 1.807) is 6.26 Å². The van der Waals surface area contributed by atoms with Crippen LogP contribution < -0.4 is 10.1 Å². The van der Waals surface area contributed by atoms with Gasteiger partial charge in [-0.1, -0.05) is 0 Å². The van der Waals surface area contributed by atoms with Gasteiger partial charge in [-0.3, -0.25) is 0 Å². The molecule has 5 heteroatoms. The van der Waals surface area contributed by atoms with E-state index in [0.717, 1.165) is 17.1 Å². The van der Waals surface area contributed by atoms with Crippen LogP contribution in [0.5, 0.6) is 5.88 Å². The highest BCUT2D eigenvalue weighted by atomic mass is 16.5. The van der Waals surface area contributed by atoms with E-state index in [2.05, 4.69) is 15.3 Å². The summed E-state index contributed by atoms with van der Waals surface area (Å²) in [6.45, 7) is 2.28. The molecule has 1 N–H and O–H groups in total. The Morgan fingerprint density at radius 3 is 3.00 bits per heavy atom. The number of aromatic nitrogens is 2. The lowest BCUT2D eigenvalue weighted by Crippen LogP contribution is -2.02. The second kappa shape index (κ2) is 4.65. The van der Waals surface area contributed by atoms with Crippen molar-refractivity contribution in [1.82, 2.24) is 9.97 Å². The summed E-state index contributed by atoms with van der Waals surface area (Å²) in [6.07, 6.45) is 3.08. The fourth-order valence-electron chi connectivity index (χ4n) is 1.37. The van der Waals surface area contributed by atoms with Crippen LogP contribution in [0.1, 0.15) is 11.3 Å². The molecule has 0 fully saturated rings. The predicted octanol–water partition coefficient (Wildman–Crippen LogP) is 2.00. The summed E-state index contributed by atoms with van der Waals surface area (Å²) in [6, 6.07) is 3.68. The quantitative estimate of drug-likeness (QED) is 0.852. The molecule has 16 heavy (non-hydrogen) atoms. The van der Waals surface area contributed by atoms with E-state index in [4.69, 9.17) is 9.15 Å². The van der Waals surface area contributed by atoms with Gasteiger partial charge in [0.25, 0.3) is 0 Å². The van der Waals surface area contributed by atoms with E-state index in [0.29, 0.717) is 12.5 Å². The molecule has 0 bridgehead atoms. The van der Waals surface area contributed by atoms with Crippen molar-refractivity contribution in [3.8, 4) is 5.88 Å². The van der Waals surface area contributed by atoms with Crippen LogP contribution in [0.25, 0.3) is 0 Å². The molecule has 0 saturated heterocycles. The Kier molecular flexibility index (Phi) is 3.05. The van der Waals surface area contributed by atoms with E-state index in [9.17, 15) is 0 Å². The number of nitrogens with one attached hydrogen (secondary N) is 1. The lowest BCUT2D eigenvalue weighted by molar-refractivity contribution is 0.258. The average Bonchev–Trinajstić information content (AvgIpc) is 2.81. The maximum atomic E-state index is 5.54. The van der Waals surface area contributed by atoms with Gasteiger partial charge in [0.2, 0.25) is 5.88 Å². The van der Waals surface area contributed by atoms with Gasteiger partial charge in [-0.05, 0) is 19.1 Å². The maximum Gasteiger partial charge on any atom is 0.221 e. The first-order chi connectivity index (χ1) is 7.81. The number of rotatable bonds is 4. The minimum atomic E-state index is 0.369. The Hall–Kier alpha value is -2.04. The Labute approximate surface area is 93.5 Å². The normalized spacial score (nSPS) is 10.1. The minimum absolute atomic E-state index is 0.369. The zero-order valence-electron chi connectivity index (χ0n) is 9.23. The number of hydrogen-bond donors (Lipinski definition) is 1. The van der Waals surface area contributed by atoms with Gasteiger partial charge in [0, 0.05) is 7.05 Å². The second-order valence-electron chi connectivity index (χ2n) is 3.27. The molecular formula is C11H13N3O2. The van der Waals surface area contributed by atoms with Crippen molar-refractivity contribution >= 4 is 5.82 Å². The molecule has 0 unspecified atom stereocenters. The molecular weight excluding hydrogens is 206 g/mol. The molecule has 0 saturated carbocycles. The molecule has 2 heterocycles. The van der Waals surface area contributed by atoms with Crippen LogP contribution in [0.3, 0.4) is 0 Å². The molecule has 2 aromatic rings. The van der Waals surface area contributed by atoms with Gasteiger partial charge in [-0.25, -0.2) is 9.97 Å². The van der Waals surface area contributed by atoms with Gasteiger partial charge in [-0.15, -0.1) is 0 Å². The topological polar surface area (TPSA) is 60.2 Å². The van der Waals surface area contributed by atoms with Gasteiger partial charge in [-0.2, -0.15) is 0 Å². The Bertz CT molecular complexity index is 454. The largest absolute Gasteiger partial charge is 0.469 e. The standard InChI is InChI=1S/C11H13N3O2/c1-8-10(12-2)13-7-14-11(8)16-6-9-4-3-5-15-9/h3-5,7H,6H2,1-2H3,(H,12,13,14). The van der Waals surface area contributed by atoms with Crippen molar-refractivity contribution in [2.45, 2.75) is 13.5 Å². The highest BCUT2D eigenvalue weighted by Gasteiger charge is 2.07. The first-order valence-corrected chi connectivity index (χ1v) is 4.96. The molecule has 0 atom stereocenters. The molecule has 0 radical (unpaired) electrons. The molecule has 2 rings (SSSR count). The summed E-state index contributed by atoms with van der Waals surface area (Å²) >= 11 is 0. The van der Waals surface area contributed by atoms with Crippen LogP contribution in [0.2, 0.25) is 0 Å². The molecule has 0 aliphatic heterocycles. The molecule has 0 spiro atoms. The van der Waals surface area contributed by atoms with E-state index in [1.165, 1.54) is 6.33 Å². The smallest absolute Gasteiger partial charge is 0.221 e. The molecule has 0 aliphatic rings. The minimum Gasteiger partial charge on any atom is -0.469 e. The van der Waals surface area contributed by atoms with Crippen molar-refractivity contribution < 1.29 is 9.15 Å². The summed E-state index contributed by atoms with van der Waals surface area (Å²) in [4.78, 5) is 8.15. The van der Waals surface area contributed by atoms with Crippen molar-refractivity contribution in [1.29, 1.82) is 0 Å². The maximum absolute atomic E-state index is 5.54. The van der Waals surface area contributed by atoms with E-state index < -0.39 is 0 Å². The van der Waals surface area contributed by atoms with Crippen LogP contribution in [0, 0.1) is 6.92 Å². The summed E-state index contributed by atoms with van der Waals surface area (Å²) in [7, 11) is 1.81.